The Labute approximate surface area is 224 Å². The summed E-state index contributed by atoms with van der Waals surface area (Å²) in [5.74, 6) is 0.319. The molecule has 4 aromatic rings. The molecule has 0 unspecified atom stereocenters. The largest absolute Gasteiger partial charge is 0.497 e. The normalized spacial score (nSPS) is 15.3. The van der Waals surface area contributed by atoms with E-state index >= 15 is 0 Å². The van der Waals surface area contributed by atoms with Gasteiger partial charge in [0.05, 0.1) is 36.1 Å². The van der Waals surface area contributed by atoms with Crippen LogP contribution in [-0.2, 0) is 9.53 Å². The van der Waals surface area contributed by atoms with E-state index in [-0.39, 0.29) is 5.56 Å². The number of carbonyl (C=O) groups is 1. The summed E-state index contributed by atoms with van der Waals surface area (Å²) >= 11 is 1.34. The molecule has 7 nitrogen and oxygen atoms in total. The number of ether oxygens (including phenoxy) is 2. The fourth-order valence-corrected chi connectivity index (χ4v) is 6.03. The number of aromatic nitrogens is 2. The predicted molar refractivity (Wildman–Crippen MR) is 149 cm³/mol. The summed E-state index contributed by atoms with van der Waals surface area (Å²) in [7, 11) is 3.00. The van der Waals surface area contributed by atoms with Crippen molar-refractivity contribution in [2.75, 3.05) is 14.2 Å². The second-order valence-electron chi connectivity index (χ2n) is 9.06. The third-order valence-corrected chi connectivity index (χ3v) is 7.84. The molecule has 0 spiro atoms. The first-order chi connectivity index (χ1) is 18.4. The van der Waals surface area contributed by atoms with Crippen molar-refractivity contribution < 1.29 is 14.3 Å². The highest BCUT2D eigenvalue weighted by molar-refractivity contribution is 7.07. The van der Waals surface area contributed by atoms with Crippen molar-refractivity contribution in [2.45, 2.75) is 33.2 Å². The summed E-state index contributed by atoms with van der Waals surface area (Å²) in [4.78, 5) is 32.1. The number of allylic oxidation sites excluding steroid dienone is 1. The zero-order chi connectivity index (χ0) is 27.0. The van der Waals surface area contributed by atoms with E-state index in [4.69, 9.17) is 14.5 Å². The Kier molecular flexibility index (Phi) is 6.91. The van der Waals surface area contributed by atoms with E-state index in [0.29, 0.717) is 27.0 Å². The molecule has 3 heterocycles. The molecule has 1 atom stereocenters. The van der Waals surface area contributed by atoms with Gasteiger partial charge in [-0.25, -0.2) is 9.79 Å². The van der Waals surface area contributed by atoms with E-state index in [1.54, 1.807) is 11.7 Å². The lowest BCUT2D eigenvalue weighted by Crippen LogP contribution is -2.40. The van der Waals surface area contributed by atoms with Crippen LogP contribution in [0.2, 0.25) is 0 Å². The Bertz CT molecular complexity index is 1720. The van der Waals surface area contributed by atoms with Crippen LogP contribution in [-0.4, -0.2) is 29.3 Å². The molecule has 194 valence electrons. The summed E-state index contributed by atoms with van der Waals surface area (Å²) < 4.78 is 14.8. The zero-order valence-corrected chi connectivity index (χ0v) is 22.8. The monoisotopic (exact) mass is 527 g/mol. The number of rotatable bonds is 6. The second kappa shape index (κ2) is 10.3. The number of thiazole rings is 1. The minimum atomic E-state index is -0.608. The maximum absolute atomic E-state index is 13.9. The number of fused-ring (bicyclic) bond motifs is 1. The molecule has 0 radical (unpaired) electrons. The Morgan fingerprint density at radius 3 is 2.42 bits per heavy atom. The van der Waals surface area contributed by atoms with Gasteiger partial charge in [-0.05, 0) is 67.8 Å². The molecule has 0 fully saturated rings. The molecule has 1 aliphatic rings. The van der Waals surface area contributed by atoms with Gasteiger partial charge in [0.1, 0.15) is 5.75 Å². The molecular weight excluding hydrogens is 498 g/mol. The number of hydrogen-bond acceptors (Lipinski definition) is 6. The van der Waals surface area contributed by atoms with Crippen molar-refractivity contribution in [3.63, 3.8) is 0 Å². The predicted octanol–water partition coefficient (Wildman–Crippen LogP) is 4.21. The number of methoxy groups -OCH3 is 2. The summed E-state index contributed by atoms with van der Waals surface area (Å²) in [5, 5.41) is 0. The van der Waals surface area contributed by atoms with Gasteiger partial charge in [-0.15, -0.1) is 0 Å². The second-order valence-corrected chi connectivity index (χ2v) is 10.1. The average Bonchev–Trinajstić information content (AvgIpc) is 3.41. The fraction of sp³-hybridized carbons (Fsp3) is 0.233. The molecule has 5 rings (SSSR count). The van der Waals surface area contributed by atoms with Gasteiger partial charge >= 0.3 is 5.97 Å². The minimum Gasteiger partial charge on any atom is -0.497 e. The van der Waals surface area contributed by atoms with E-state index in [2.05, 4.69) is 10.6 Å². The van der Waals surface area contributed by atoms with Crippen LogP contribution in [0.15, 0.2) is 81.7 Å². The van der Waals surface area contributed by atoms with Crippen molar-refractivity contribution in [3.8, 4) is 11.4 Å². The quantitative estimate of drug-likeness (QED) is 0.352. The van der Waals surface area contributed by atoms with Crippen LogP contribution in [0.4, 0.5) is 0 Å². The van der Waals surface area contributed by atoms with Crippen molar-refractivity contribution >= 4 is 23.4 Å². The van der Waals surface area contributed by atoms with Crippen molar-refractivity contribution in [1.82, 2.24) is 9.13 Å². The smallest absolute Gasteiger partial charge is 0.338 e. The highest BCUT2D eigenvalue weighted by Crippen LogP contribution is 2.31. The Hall–Kier alpha value is -4.17. The first-order valence-corrected chi connectivity index (χ1v) is 13.2. The van der Waals surface area contributed by atoms with Gasteiger partial charge in [0.2, 0.25) is 0 Å². The van der Waals surface area contributed by atoms with Crippen molar-refractivity contribution in [1.29, 1.82) is 0 Å². The van der Waals surface area contributed by atoms with Gasteiger partial charge < -0.3 is 14.0 Å². The lowest BCUT2D eigenvalue weighted by molar-refractivity contribution is -0.136. The van der Waals surface area contributed by atoms with Crippen molar-refractivity contribution in [2.24, 2.45) is 4.99 Å². The van der Waals surface area contributed by atoms with Crippen LogP contribution >= 0.6 is 11.3 Å². The lowest BCUT2D eigenvalue weighted by Gasteiger charge is -2.25. The summed E-state index contributed by atoms with van der Waals surface area (Å²) in [6, 6.07) is 18.9. The number of benzene rings is 2. The summed E-state index contributed by atoms with van der Waals surface area (Å²) in [5.41, 5.74) is 5.71. The molecule has 0 bridgehead atoms. The molecule has 2 aromatic heterocycles. The zero-order valence-electron chi connectivity index (χ0n) is 22.0. The lowest BCUT2D eigenvalue weighted by atomic mass is 9.95. The SMILES string of the molecule is CCC1=C(C(=O)OC)[C@H](c2ccccc2)n2c(s/c(=C\c3cc(C)n(-c4ccc(OC)cc4)c3C)c2=O)=N1. The van der Waals surface area contributed by atoms with E-state index in [1.807, 2.05) is 81.4 Å². The van der Waals surface area contributed by atoms with Crippen LogP contribution in [0.5, 0.6) is 5.75 Å². The van der Waals surface area contributed by atoms with E-state index in [0.717, 1.165) is 34.0 Å². The molecule has 1 aliphatic heterocycles. The van der Waals surface area contributed by atoms with Gasteiger partial charge in [-0.1, -0.05) is 48.6 Å². The molecule has 0 aliphatic carbocycles. The Morgan fingerprint density at radius 1 is 1.08 bits per heavy atom. The number of carbonyl (C=O) groups excluding carboxylic acids is 1. The number of aryl methyl sites for hydroxylation is 1. The topological polar surface area (TPSA) is 74.8 Å². The van der Waals surface area contributed by atoms with Crippen LogP contribution in [0.25, 0.3) is 11.8 Å². The van der Waals surface area contributed by atoms with Crippen LogP contribution < -0.4 is 19.6 Å². The minimum absolute atomic E-state index is 0.187. The molecule has 8 heteroatoms. The van der Waals surface area contributed by atoms with Crippen molar-refractivity contribution in [3.05, 3.63) is 114 Å². The first kappa shape index (κ1) is 25.5. The summed E-state index contributed by atoms with van der Waals surface area (Å²) in [6.07, 6.45) is 2.46. The maximum Gasteiger partial charge on any atom is 0.338 e. The van der Waals surface area contributed by atoms with Crippen LogP contribution in [0, 0.1) is 13.8 Å². The Balaban J connectivity index is 1.69. The van der Waals surface area contributed by atoms with Gasteiger partial charge in [0.25, 0.3) is 5.56 Å². The number of esters is 1. The Morgan fingerprint density at radius 2 is 1.79 bits per heavy atom. The average molecular weight is 528 g/mol. The van der Waals surface area contributed by atoms with E-state index in [1.165, 1.54) is 18.4 Å². The van der Waals surface area contributed by atoms with E-state index in [9.17, 15) is 9.59 Å². The highest BCUT2D eigenvalue weighted by atomic mass is 32.1. The van der Waals surface area contributed by atoms with Crippen LogP contribution in [0.3, 0.4) is 0 Å². The molecule has 2 aromatic carbocycles. The van der Waals surface area contributed by atoms with Gasteiger partial charge in [-0.3, -0.25) is 9.36 Å². The number of nitrogens with zero attached hydrogens (tertiary/aromatic N) is 3. The molecule has 0 saturated carbocycles. The molecule has 0 saturated heterocycles. The molecular formula is C30H29N3O4S. The fourth-order valence-electron chi connectivity index (χ4n) is 5.02. The van der Waals surface area contributed by atoms with Gasteiger partial charge in [-0.2, -0.15) is 0 Å². The molecule has 0 amide bonds. The first-order valence-electron chi connectivity index (χ1n) is 12.4. The van der Waals surface area contributed by atoms with E-state index < -0.39 is 12.0 Å². The van der Waals surface area contributed by atoms with Crippen LogP contribution in [0.1, 0.15) is 41.9 Å². The number of hydrogen-bond donors (Lipinski definition) is 0. The van der Waals surface area contributed by atoms with Gasteiger partial charge in [0.15, 0.2) is 4.80 Å². The third-order valence-electron chi connectivity index (χ3n) is 6.85. The van der Waals surface area contributed by atoms with Gasteiger partial charge in [0, 0.05) is 17.1 Å². The maximum atomic E-state index is 13.9. The highest BCUT2D eigenvalue weighted by Gasteiger charge is 2.33. The standard InChI is InChI=1S/C30H29N3O4S/c1-6-24-26(29(35)37-5)27(20-10-8-7-9-11-20)33-28(34)25(38-30(33)31-24)17-21-16-18(2)32(19(21)3)22-12-14-23(36-4)15-13-22/h7-17,27H,6H2,1-5H3/b25-17-/t27-/m0/s1. The molecule has 0 N–H and O–H groups in total. The molecule has 38 heavy (non-hydrogen) atoms. The summed E-state index contributed by atoms with van der Waals surface area (Å²) in [6.45, 7) is 6.03. The third kappa shape index (κ3) is 4.31.